The van der Waals surface area contributed by atoms with Gasteiger partial charge in [-0.1, -0.05) is 38.1 Å². The summed E-state index contributed by atoms with van der Waals surface area (Å²) in [5, 5.41) is 0. The molecule has 0 spiro atoms. The average Bonchev–Trinajstić information content (AvgIpc) is 2.49. The van der Waals surface area contributed by atoms with Crippen LogP contribution in [0, 0.1) is 5.92 Å². The highest BCUT2D eigenvalue weighted by Crippen LogP contribution is 2.27. The van der Waals surface area contributed by atoms with Crippen molar-refractivity contribution < 1.29 is 14.3 Å². The number of Topliss-reactive ketones (excluding diaryl/α,β-unsaturated/α-hetero) is 2. The van der Waals surface area contributed by atoms with Gasteiger partial charge in [-0.3, -0.25) is 9.59 Å². The zero-order valence-electron chi connectivity index (χ0n) is 13.1. The number of carbonyl (C=O) groups excluding carboxylic acids is 2. The summed E-state index contributed by atoms with van der Waals surface area (Å²) < 4.78 is 5.34. The molecule has 0 aromatic heterocycles. The maximum absolute atomic E-state index is 12.3. The van der Waals surface area contributed by atoms with Crippen molar-refractivity contribution in [2.45, 2.75) is 51.6 Å². The number of ketones is 2. The number of hydrogen-bond acceptors (Lipinski definition) is 3. The van der Waals surface area contributed by atoms with Crippen LogP contribution in [0.3, 0.4) is 0 Å². The van der Waals surface area contributed by atoms with Crippen LogP contribution in [0.2, 0.25) is 0 Å². The molecule has 1 fully saturated rings. The Morgan fingerprint density at radius 2 is 1.95 bits per heavy atom. The van der Waals surface area contributed by atoms with Crippen molar-refractivity contribution in [2.24, 2.45) is 5.92 Å². The molecular formula is C18H24O3. The summed E-state index contributed by atoms with van der Waals surface area (Å²) in [7, 11) is 1.67. The van der Waals surface area contributed by atoms with Crippen molar-refractivity contribution in [2.75, 3.05) is 7.11 Å². The lowest BCUT2D eigenvalue weighted by atomic mass is 9.82. The summed E-state index contributed by atoms with van der Waals surface area (Å²) in [6.45, 7) is 4.25. The van der Waals surface area contributed by atoms with E-state index in [4.69, 9.17) is 4.74 Å². The fourth-order valence-corrected chi connectivity index (χ4v) is 2.88. The zero-order chi connectivity index (χ0) is 15.4. The molecule has 0 amide bonds. The average molecular weight is 288 g/mol. The molecule has 1 aliphatic carbocycles. The van der Waals surface area contributed by atoms with Crippen molar-refractivity contribution in [1.82, 2.24) is 0 Å². The summed E-state index contributed by atoms with van der Waals surface area (Å²) in [6.07, 6.45) is 2.40. The minimum Gasteiger partial charge on any atom is -0.381 e. The summed E-state index contributed by atoms with van der Waals surface area (Å²) >= 11 is 0. The Morgan fingerprint density at radius 1 is 1.29 bits per heavy atom. The Morgan fingerprint density at radius 3 is 2.52 bits per heavy atom. The van der Waals surface area contributed by atoms with E-state index in [1.807, 2.05) is 24.3 Å². The molecule has 3 nitrogen and oxygen atoms in total. The maximum atomic E-state index is 12.3. The Bertz CT molecular complexity index is 502. The van der Waals surface area contributed by atoms with E-state index < -0.39 is 0 Å². The quantitative estimate of drug-likeness (QED) is 0.775. The Kier molecular flexibility index (Phi) is 5.29. The molecule has 0 bridgehead atoms. The van der Waals surface area contributed by atoms with Gasteiger partial charge in [0.15, 0.2) is 5.78 Å². The topological polar surface area (TPSA) is 43.4 Å². The van der Waals surface area contributed by atoms with Gasteiger partial charge in [-0.2, -0.15) is 0 Å². The normalized spacial score (nSPS) is 22.6. The Hall–Kier alpha value is -1.48. The van der Waals surface area contributed by atoms with Gasteiger partial charge in [0.1, 0.15) is 5.78 Å². The van der Waals surface area contributed by atoms with Crippen molar-refractivity contribution in [1.29, 1.82) is 0 Å². The molecule has 2 atom stereocenters. The van der Waals surface area contributed by atoms with Gasteiger partial charge in [0, 0.05) is 31.4 Å². The molecule has 0 saturated heterocycles. The van der Waals surface area contributed by atoms with Crippen LogP contribution in [0.1, 0.15) is 61.4 Å². The molecule has 0 N–H and O–H groups in total. The smallest absolute Gasteiger partial charge is 0.163 e. The van der Waals surface area contributed by atoms with Crippen LogP contribution in [0.15, 0.2) is 24.3 Å². The third kappa shape index (κ3) is 4.01. The van der Waals surface area contributed by atoms with E-state index in [-0.39, 0.29) is 23.6 Å². The van der Waals surface area contributed by atoms with E-state index >= 15 is 0 Å². The molecule has 114 valence electrons. The van der Waals surface area contributed by atoms with Crippen molar-refractivity contribution in [3.05, 3.63) is 35.4 Å². The number of methoxy groups -OCH3 is 1. The standard InChI is InChI=1S/C18H24O3/c1-12(2)13-4-6-14(7-5-13)18(20)11-15-10-16(21-3)8-9-17(15)19/h4-7,12,15-16H,8-11H2,1-3H3. The molecule has 3 heteroatoms. The minimum atomic E-state index is -0.180. The lowest BCUT2D eigenvalue weighted by Crippen LogP contribution is -2.30. The van der Waals surface area contributed by atoms with Gasteiger partial charge >= 0.3 is 0 Å². The second-order valence-electron chi connectivity index (χ2n) is 6.20. The van der Waals surface area contributed by atoms with Crippen LogP contribution < -0.4 is 0 Å². The summed E-state index contributed by atoms with van der Waals surface area (Å²) in [4.78, 5) is 24.3. The third-order valence-corrected chi connectivity index (χ3v) is 4.38. The van der Waals surface area contributed by atoms with Crippen LogP contribution in [-0.4, -0.2) is 24.8 Å². The molecule has 2 rings (SSSR count). The van der Waals surface area contributed by atoms with Crippen LogP contribution in [-0.2, 0) is 9.53 Å². The third-order valence-electron chi connectivity index (χ3n) is 4.38. The zero-order valence-corrected chi connectivity index (χ0v) is 13.1. The summed E-state index contributed by atoms with van der Waals surface area (Å²) in [5.74, 6) is 0.536. The van der Waals surface area contributed by atoms with Gasteiger partial charge in [-0.25, -0.2) is 0 Å². The van der Waals surface area contributed by atoms with Crippen LogP contribution in [0.4, 0.5) is 0 Å². The maximum Gasteiger partial charge on any atom is 0.163 e. The molecule has 21 heavy (non-hydrogen) atoms. The molecule has 0 heterocycles. The van der Waals surface area contributed by atoms with Crippen LogP contribution in [0.25, 0.3) is 0 Å². The van der Waals surface area contributed by atoms with Gasteiger partial charge in [-0.05, 0) is 24.3 Å². The van der Waals surface area contributed by atoms with Crippen molar-refractivity contribution in [3.8, 4) is 0 Å². The van der Waals surface area contributed by atoms with Gasteiger partial charge in [0.25, 0.3) is 0 Å². The molecule has 1 saturated carbocycles. The Labute approximate surface area is 126 Å². The van der Waals surface area contributed by atoms with Gasteiger partial charge in [0.2, 0.25) is 0 Å². The van der Waals surface area contributed by atoms with E-state index in [0.717, 1.165) is 6.42 Å². The predicted molar refractivity (Wildman–Crippen MR) is 82.6 cm³/mol. The number of hydrogen-bond donors (Lipinski definition) is 0. The molecular weight excluding hydrogens is 264 g/mol. The van der Waals surface area contributed by atoms with Crippen LogP contribution >= 0.6 is 0 Å². The lowest BCUT2D eigenvalue weighted by molar-refractivity contribution is -0.127. The molecule has 1 aromatic rings. The first kappa shape index (κ1) is 15.9. The van der Waals surface area contributed by atoms with Gasteiger partial charge in [-0.15, -0.1) is 0 Å². The van der Waals surface area contributed by atoms with E-state index in [1.54, 1.807) is 7.11 Å². The first-order valence-corrected chi connectivity index (χ1v) is 7.70. The van der Waals surface area contributed by atoms with E-state index in [2.05, 4.69) is 13.8 Å². The monoisotopic (exact) mass is 288 g/mol. The largest absolute Gasteiger partial charge is 0.381 e. The number of benzene rings is 1. The first-order chi connectivity index (χ1) is 10.0. The fraction of sp³-hybridized carbons (Fsp3) is 0.556. The summed E-state index contributed by atoms with van der Waals surface area (Å²) in [6, 6.07) is 7.74. The molecule has 1 aromatic carbocycles. The van der Waals surface area contributed by atoms with E-state index in [0.29, 0.717) is 30.7 Å². The van der Waals surface area contributed by atoms with E-state index in [1.165, 1.54) is 5.56 Å². The van der Waals surface area contributed by atoms with E-state index in [9.17, 15) is 9.59 Å². The van der Waals surface area contributed by atoms with Crippen molar-refractivity contribution >= 4 is 11.6 Å². The number of rotatable bonds is 5. The Balaban J connectivity index is 2.01. The SMILES string of the molecule is COC1CCC(=O)C(CC(=O)c2ccc(C(C)C)cc2)C1. The fourth-order valence-electron chi connectivity index (χ4n) is 2.88. The summed E-state index contributed by atoms with van der Waals surface area (Å²) in [5.41, 5.74) is 1.92. The van der Waals surface area contributed by atoms with Gasteiger partial charge in [0.05, 0.1) is 6.10 Å². The first-order valence-electron chi connectivity index (χ1n) is 7.70. The molecule has 2 unspecified atom stereocenters. The van der Waals surface area contributed by atoms with Gasteiger partial charge < -0.3 is 4.74 Å². The molecule has 0 aliphatic heterocycles. The number of carbonyl (C=O) groups is 2. The lowest BCUT2D eigenvalue weighted by Gasteiger charge is -2.26. The molecule has 1 aliphatic rings. The highest BCUT2D eigenvalue weighted by atomic mass is 16.5. The number of ether oxygens (including phenoxy) is 1. The minimum absolute atomic E-state index is 0.0559. The highest BCUT2D eigenvalue weighted by Gasteiger charge is 2.30. The second kappa shape index (κ2) is 6.99. The predicted octanol–water partition coefficient (Wildman–Crippen LogP) is 3.77. The highest BCUT2D eigenvalue weighted by molar-refractivity contribution is 5.99. The second-order valence-corrected chi connectivity index (χ2v) is 6.20. The molecule has 0 radical (unpaired) electrons. The van der Waals surface area contributed by atoms with Crippen LogP contribution in [0.5, 0.6) is 0 Å². The van der Waals surface area contributed by atoms with Crippen molar-refractivity contribution in [3.63, 3.8) is 0 Å².